The van der Waals surface area contributed by atoms with Gasteiger partial charge < -0.3 is 16.2 Å². The normalized spacial score (nSPS) is 10.3. The van der Waals surface area contributed by atoms with Crippen molar-refractivity contribution in [3.05, 3.63) is 0 Å². The van der Waals surface area contributed by atoms with Crippen molar-refractivity contribution in [3.8, 4) is 0 Å². The molecule has 0 atom stereocenters. The molecule has 5 heteroatoms. The average molecular weight is 234 g/mol. The van der Waals surface area contributed by atoms with Crippen LogP contribution in [0.1, 0.15) is 25.7 Å². The predicted molar refractivity (Wildman–Crippen MR) is 64.9 cm³/mol. The number of amides is 1. The topological polar surface area (TPSA) is 75.4 Å². The van der Waals surface area contributed by atoms with Crippen LogP contribution in [0.15, 0.2) is 0 Å². The second-order valence-electron chi connectivity index (χ2n) is 3.29. The van der Waals surface area contributed by atoms with Crippen LogP contribution in [-0.4, -0.2) is 42.2 Å². The number of hydrogen-bond donors (Lipinski definition) is 3. The lowest BCUT2D eigenvalue weighted by molar-refractivity contribution is -0.121. The van der Waals surface area contributed by atoms with Gasteiger partial charge in [-0.25, -0.2) is 0 Å². The predicted octanol–water partition coefficient (Wildman–Crippen LogP) is 0.347. The van der Waals surface area contributed by atoms with E-state index in [1.54, 1.807) is 11.8 Å². The van der Waals surface area contributed by atoms with Crippen molar-refractivity contribution in [1.29, 1.82) is 0 Å². The molecule has 0 radical (unpaired) electrons. The number of nitrogens with one attached hydrogen (secondary N) is 1. The Morgan fingerprint density at radius 3 is 2.73 bits per heavy atom. The molecule has 0 aliphatic rings. The van der Waals surface area contributed by atoms with Crippen molar-refractivity contribution < 1.29 is 9.90 Å². The summed E-state index contributed by atoms with van der Waals surface area (Å²) in [7, 11) is 0. The number of thioether (sulfide) groups is 1. The first-order valence-corrected chi connectivity index (χ1v) is 6.62. The van der Waals surface area contributed by atoms with E-state index in [-0.39, 0.29) is 12.5 Å². The lowest BCUT2D eigenvalue weighted by atomic mass is 10.2. The Bertz CT molecular complexity index is 156. The molecular weight excluding hydrogens is 212 g/mol. The molecule has 0 heterocycles. The van der Waals surface area contributed by atoms with Gasteiger partial charge in [0, 0.05) is 25.3 Å². The van der Waals surface area contributed by atoms with Crippen molar-refractivity contribution in [1.82, 2.24) is 5.32 Å². The maximum atomic E-state index is 11.2. The highest BCUT2D eigenvalue weighted by atomic mass is 32.2. The molecule has 0 unspecified atom stereocenters. The second-order valence-corrected chi connectivity index (χ2v) is 4.51. The third-order valence-corrected chi connectivity index (χ3v) is 2.94. The van der Waals surface area contributed by atoms with E-state index in [4.69, 9.17) is 10.8 Å². The van der Waals surface area contributed by atoms with E-state index >= 15 is 0 Å². The summed E-state index contributed by atoms with van der Waals surface area (Å²) in [5.74, 6) is 1.99. The Hall–Kier alpha value is -0.260. The summed E-state index contributed by atoms with van der Waals surface area (Å²) in [6.07, 6.45) is 3.20. The maximum Gasteiger partial charge on any atom is 0.220 e. The monoisotopic (exact) mass is 234 g/mol. The lowest BCUT2D eigenvalue weighted by Crippen LogP contribution is -2.25. The molecule has 0 fully saturated rings. The van der Waals surface area contributed by atoms with Crippen molar-refractivity contribution in [2.24, 2.45) is 5.73 Å². The third-order valence-electron chi connectivity index (χ3n) is 1.87. The molecule has 0 rings (SSSR count). The van der Waals surface area contributed by atoms with Crippen LogP contribution < -0.4 is 11.1 Å². The first-order valence-electron chi connectivity index (χ1n) is 5.46. The number of nitrogens with two attached hydrogens (primary N) is 1. The van der Waals surface area contributed by atoms with Crippen molar-refractivity contribution in [3.63, 3.8) is 0 Å². The smallest absolute Gasteiger partial charge is 0.220 e. The van der Waals surface area contributed by atoms with Crippen molar-refractivity contribution >= 4 is 17.7 Å². The summed E-state index contributed by atoms with van der Waals surface area (Å²) in [5.41, 5.74) is 5.33. The first kappa shape index (κ1) is 14.7. The minimum absolute atomic E-state index is 0.117. The summed E-state index contributed by atoms with van der Waals surface area (Å²) < 4.78 is 0. The van der Waals surface area contributed by atoms with Crippen LogP contribution in [0.4, 0.5) is 0 Å². The zero-order valence-corrected chi connectivity index (χ0v) is 10.0. The van der Waals surface area contributed by atoms with Gasteiger partial charge in [-0.1, -0.05) is 0 Å². The number of rotatable bonds is 10. The van der Waals surface area contributed by atoms with Gasteiger partial charge in [-0.2, -0.15) is 11.8 Å². The van der Waals surface area contributed by atoms with Gasteiger partial charge >= 0.3 is 0 Å². The molecule has 0 aromatic carbocycles. The van der Waals surface area contributed by atoms with Gasteiger partial charge in [0.25, 0.3) is 0 Å². The minimum atomic E-state index is 0.117. The molecule has 15 heavy (non-hydrogen) atoms. The lowest BCUT2D eigenvalue weighted by Gasteiger charge is -2.04. The molecule has 4 nitrogen and oxygen atoms in total. The molecule has 0 saturated heterocycles. The molecule has 0 aromatic rings. The first-order chi connectivity index (χ1) is 7.31. The molecular formula is C10H22N2O2S. The zero-order chi connectivity index (χ0) is 11.4. The molecule has 4 N–H and O–H groups in total. The van der Waals surface area contributed by atoms with E-state index in [9.17, 15) is 4.79 Å². The van der Waals surface area contributed by atoms with Gasteiger partial charge in [-0.15, -0.1) is 0 Å². The molecule has 0 aromatic heterocycles. The number of unbranched alkanes of at least 4 members (excludes halogenated alkanes) is 1. The summed E-state index contributed by atoms with van der Waals surface area (Å²) in [5, 5.41) is 11.4. The molecule has 0 saturated carbocycles. The van der Waals surface area contributed by atoms with Crippen LogP contribution in [0.5, 0.6) is 0 Å². The molecule has 0 aliphatic heterocycles. The summed E-state index contributed by atoms with van der Waals surface area (Å²) >= 11 is 1.75. The van der Waals surface area contributed by atoms with E-state index in [2.05, 4.69) is 5.32 Å². The zero-order valence-electron chi connectivity index (χ0n) is 9.21. The number of aliphatic hydroxyl groups excluding tert-OH is 1. The van der Waals surface area contributed by atoms with Crippen LogP contribution in [0, 0.1) is 0 Å². The van der Waals surface area contributed by atoms with Gasteiger partial charge in [-0.05, 0) is 31.6 Å². The van der Waals surface area contributed by atoms with E-state index in [0.29, 0.717) is 13.0 Å². The summed E-state index contributed by atoms with van der Waals surface area (Å²) in [6, 6.07) is 0. The quantitative estimate of drug-likeness (QED) is 0.477. The average Bonchev–Trinajstić information content (AvgIpc) is 2.23. The largest absolute Gasteiger partial charge is 0.396 e. The molecule has 0 spiro atoms. The molecule has 90 valence electrons. The minimum Gasteiger partial charge on any atom is -0.396 e. The standard InChI is InChI=1S/C10H22N2O2S/c11-5-2-1-4-10(14)12-6-9-15-8-3-7-13/h13H,1-9,11H2,(H,12,14). The summed E-state index contributed by atoms with van der Waals surface area (Å²) in [6.45, 7) is 1.63. The van der Waals surface area contributed by atoms with E-state index in [0.717, 1.165) is 37.3 Å². The van der Waals surface area contributed by atoms with Gasteiger partial charge in [-0.3, -0.25) is 4.79 Å². The van der Waals surface area contributed by atoms with Gasteiger partial charge in [0.1, 0.15) is 0 Å². The van der Waals surface area contributed by atoms with Crippen molar-refractivity contribution in [2.75, 3.05) is 31.2 Å². The van der Waals surface area contributed by atoms with Crippen LogP contribution in [0.3, 0.4) is 0 Å². The van der Waals surface area contributed by atoms with Crippen molar-refractivity contribution in [2.45, 2.75) is 25.7 Å². The fraction of sp³-hybridized carbons (Fsp3) is 0.900. The SMILES string of the molecule is NCCCCC(=O)NCCSCCCO. The van der Waals surface area contributed by atoms with E-state index < -0.39 is 0 Å². The van der Waals surface area contributed by atoms with E-state index in [1.807, 2.05) is 0 Å². The van der Waals surface area contributed by atoms with Gasteiger partial charge in [0.05, 0.1) is 0 Å². The highest BCUT2D eigenvalue weighted by molar-refractivity contribution is 7.99. The fourth-order valence-electron chi connectivity index (χ4n) is 1.05. The van der Waals surface area contributed by atoms with E-state index in [1.165, 1.54) is 0 Å². The van der Waals surface area contributed by atoms with Crippen LogP contribution >= 0.6 is 11.8 Å². The Morgan fingerprint density at radius 2 is 2.07 bits per heavy atom. The number of aliphatic hydroxyl groups is 1. The highest BCUT2D eigenvalue weighted by Crippen LogP contribution is 2.00. The Labute approximate surface area is 96.0 Å². The van der Waals surface area contributed by atoms with Gasteiger partial charge in [0.15, 0.2) is 0 Å². The number of carbonyl (C=O) groups excluding carboxylic acids is 1. The van der Waals surface area contributed by atoms with Crippen LogP contribution in [0.2, 0.25) is 0 Å². The Morgan fingerprint density at radius 1 is 1.27 bits per heavy atom. The van der Waals surface area contributed by atoms with Gasteiger partial charge in [0.2, 0.25) is 5.91 Å². The Balaban J connectivity index is 3.10. The highest BCUT2D eigenvalue weighted by Gasteiger charge is 1.99. The number of carbonyl (C=O) groups is 1. The van der Waals surface area contributed by atoms with Crippen LogP contribution in [-0.2, 0) is 4.79 Å². The number of hydrogen-bond acceptors (Lipinski definition) is 4. The molecule has 1 amide bonds. The second kappa shape index (κ2) is 11.8. The summed E-state index contributed by atoms with van der Waals surface area (Å²) in [4.78, 5) is 11.2. The third kappa shape index (κ3) is 11.7. The molecule has 0 aliphatic carbocycles. The Kier molecular flexibility index (Phi) is 11.6. The fourth-order valence-corrected chi connectivity index (χ4v) is 1.83. The molecule has 0 bridgehead atoms. The van der Waals surface area contributed by atoms with Crippen LogP contribution in [0.25, 0.3) is 0 Å². The maximum absolute atomic E-state index is 11.2.